The van der Waals surface area contributed by atoms with E-state index in [-0.39, 0.29) is 16.7 Å². The number of benzene rings is 3. The molecule has 192 valence electrons. The Labute approximate surface area is 243 Å². The fourth-order valence-corrected chi connectivity index (χ4v) is 8.20. The van der Waals surface area contributed by atoms with Gasteiger partial charge in [-0.05, 0) is 55.0 Å². The van der Waals surface area contributed by atoms with Crippen LogP contribution in [0.1, 0.15) is 27.5 Å². The van der Waals surface area contributed by atoms with Crippen molar-refractivity contribution in [3.63, 3.8) is 0 Å². The number of aromatic nitrogens is 1. The lowest BCUT2D eigenvalue weighted by molar-refractivity contribution is -0.122. The summed E-state index contributed by atoms with van der Waals surface area (Å²) < 4.78 is 7.99. The van der Waals surface area contributed by atoms with Gasteiger partial charge in [-0.2, -0.15) is 0 Å². The van der Waals surface area contributed by atoms with Gasteiger partial charge in [0.15, 0.2) is 0 Å². The van der Waals surface area contributed by atoms with Crippen molar-refractivity contribution >= 4 is 72.5 Å². The number of anilines is 1. The second kappa shape index (κ2) is 10.1. The van der Waals surface area contributed by atoms with E-state index >= 15 is 0 Å². The number of halogens is 2. The molecule has 6 nitrogen and oxygen atoms in total. The number of rotatable bonds is 5. The molecule has 0 bridgehead atoms. The molecule has 0 saturated carbocycles. The van der Waals surface area contributed by atoms with Gasteiger partial charge < -0.3 is 9.72 Å². The van der Waals surface area contributed by atoms with Gasteiger partial charge >= 0.3 is 4.87 Å². The fraction of sp³-hybridized carbons (Fsp3) is 0.179. The minimum Gasteiger partial charge on any atom is -0.489 e. The number of ether oxygens (including phenoxy) is 1. The number of imide groups is 1. The highest BCUT2D eigenvalue weighted by molar-refractivity contribution is 9.10. The first-order valence-corrected chi connectivity index (χ1v) is 15.1. The fourth-order valence-electron chi connectivity index (χ4n) is 5.05. The van der Waals surface area contributed by atoms with Crippen LogP contribution in [0.5, 0.6) is 5.75 Å². The summed E-state index contributed by atoms with van der Waals surface area (Å²) in [5.74, 6) is -1.17. The van der Waals surface area contributed by atoms with E-state index in [1.165, 1.54) is 16.7 Å². The molecule has 1 N–H and O–H groups in total. The van der Waals surface area contributed by atoms with Crippen molar-refractivity contribution in [2.45, 2.75) is 29.7 Å². The minimum atomic E-state index is -0.689. The maximum atomic E-state index is 14.0. The van der Waals surface area contributed by atoms with Crippen LogP contribution in [-0.2, 0) is 16.2 Å². The first kappa shape index (κ1) is 25.6. The average molecular weight is 672 g/mol. The lowest BCUT2D eigenvalue weighted by Gasteiger charge is -2.31. The van der Waals surface area contributed by atoms with Crippen LogP contribution in [0.15, 0.2) is 85.5 Å². The number of aromatic amines is 1. The molecule has 3 unspecified atom stereocenters. The topological polar surface area (TPSA) is 79.5 Å². The van der Waals surface area contributed by atoms with Crippen molar-refractivity contribution in [2.75, 3.05) is 4.90 Å². The molecule has 2 aliphatic rings. The Balaban J connectivity index is 1.45. The molecule has 0 aliphatic carbocycles. The van der Waals surface area contributed by atoms with Crippen LogP contribution < -0.4 is 14.5 Å². The third-order valence-corrected chi connectivity index (χ3v) is 10.1. The van der Waals surface area contributed by atoms with Crippen LogP contribution in [0, 0.1) is 12.8 Å². The van der Waals surface area contributed by atoms with Gasteiger partial charge in [0, 0.05) is 25.3 Å². The zero-order chi connectivity index (χ0) is 26.6. The van der Waals surface area contributed by atoms with Crippen molar-refractivity contribution in [1.29, 1.82) is 0 Å². The zero-order valence-electron chi connectivity index (χ0n) is 19.9. The van der Waals surface area contributed by atoms with Gasteiger partial charge in [-0.3, -0.25) is 14.4 Å². The number of amides is 2. The maximum absolute atomic E-state index is 14.0. The van der Waals surface area contributed by atoms with Gasteiger partial charge in [0.05, 0.1) is 16.6 Å². The number of thiazole rings is 1. The van der Waals surface area contributed by atoms with Gasteiger partial charge in [-0.25, -0.2) is 4.90 Å². The molecule has 2 amide bonds. The van der Waals surface area contributed by atoms with Crippen molar-refractivity contribution in [1.82, 2.24) is 4.98 Å². The summed E-state index contributed by atoms with van der Waals surface area (Å²) in [5, 5.41) is -0.0350. The Morgan fingerprint density at radius 1 is 0.947 bits per heavy atom. The molecule has 6 rings (SSSR count). The zero-order valence-corrected chi connectivity index (χ0v) is 24.7. The monoisotopic (exact) mass is 670 g/mol. The number of nitrogens with one attached hydrogen (secondary N) is 1. The van der Waals surface area contributed by atoms with E-state index in [4.69, 9.17) is 4.74 Å². The SMILES string of the molecule is Cc1cccc(COc2ccc(Br)cc2C2c3sc(=O)[nH]c3SC3C(=O)N(c4ccc(Br)cc4)C(=O)C32)c1. The number of carbonyl (C=O) groups is 2. The molecule has 1 saturated heterocycles. The van der Waals surface area contributed by atoms with E-state index in [2.05, 4.69) is 42.9 Å². The third kappa shape index (κ3) is 4.57. The highest BCUT2D eigenvalue weighted by Gasteiger charge is 2.56. The van der Waals surface area contributed by atoms with E-state index < -0.39 is 17.1 Å². The summed E-state index contributed by atoms with van der Waals surface area (Å²) in [6.45, 7) is 2.38. The molecule has 10 heteroatoms. The highest BCUT2D eigenvalue weighted by Crippen LogP contribution is 2.54. The summed E-state index contributed by atoms with van der Waals surface area (Å²) >= 11 is 9.34. The molecule has 0 radical (unpaired) electrons. The number of hydrogen-bond acceptors (Lipinski definition) is 6. The van der Waals surface area contributed by atoms with Gasteiger partial charge in [0.25, 0.3) is 0 Å². The highest BCUT2D eigenvalue weighted by atomic mass is 79.9. The number of carbonyl (C=O) groups excluding carboxylic acids is 2. The van der Waals surface area contributed by atoms with Crippen molar-refractivity contribution in [3.05, 3.63) is 107 Å². The van der Waals surface area contributed by atoms with Gasteiger partial charge in [-0.15, -0.1) is 0 Å². The molecule has 38 heavy (non-hydrogen) atoms. The maximum Gasteiger partial charge on any atom is 0.305 e. The second-order valence-corrected chi connectivity index (χ2v) is 13.2. The van der Waals surface area contributed by atoms with Gasteiger partial charge in [0.2, 0.25) is 11.8 Å². The Morgan fingerprint density at radius 3 is 2.47 bits per heavy atom. The van der Waals surface area contributed by atoms with E-state index in [0.717, 1.165) is 41.8 Å². The van der Waals surface area contributed by atoms with Crippen LogP contribution in [0.3, 0.4) is 0 Å². The van der Waals surface area contributed by atoms with Gasteiger partial charge in [0.1, 0.15) is 17.6 Å². The van der Waals surface area contributed by atoms with Crippen LogP contribution in [0.4, 0.5) is 5.69 Å². The quantitative estimate of drug-likeness (QED) is 0.241. The minimum absolute atomic E-state index is 0.214. The van der Waals surface area contributed by atoms with Crippen LogP contribution in [-0.4, -0.2) is 22.0 Å². The van der Waals surface area contributed by atoms with Crippen molar-refractivity contribution in [3.8, 4) is 5.75 Å². The molecule has 3 aromatic carbocycles. The standard InChI is InChI=1S/C28H20Br2N2O4S2/c1-14-3-2-4-15(11-14)13-36-20-10-7-17(30)12-19(20)21-22-24(37-25-23(21)38-28(35)31-25)27(34)32(26(22)33)18-8-5-16(29)6-9-18/h2-12,21-22,24H,13H2,1H3,(H,31,35). The Hall–Kier alpha value is -2.66. The summed E-state index contributed by atoms with van der Waals surface area (Å²) in [4.78, 5) is 44.8. The number of nitrogens with zero attached hydrogens (tertiary/aromatic N) is 1. The average Bonchev–Trinajstić information content (AvgIpc) is 3.38. The Kier molecular flexibility index (Phi) is 6.84. The van der Waals surface area contributed by atoms with Gasteiger partial charge in [-0.1, -0.05) is 84.8 Å². The Bertz CT molecular complexity index is 1630. The lowest BCUT2D eigenvalue weighted by atomic mass is 9.82. The number of thioether (sulfide) groups is 1. The van der Waals surface area contributed by atoms with E-state index in [1.807, 2.05) is 55.5 Å². The lowest BCUT2D eigenvalue weighted by Crippen LogP contribution is -2.32. The first-order valence-electron chi connectivity index (χ1n) is 11.8. The number of hydrogen-bond donors (Lipinski definition) is 1. The number of aryl methyl sites for hydroxylation is 1. The Morgan fingerprint density at radius 2 is 1.71 bits per heavy atom. The first-order chi connectivity index (χ1) is 18.3. The summed E-state index contributed by atoms with van der Waals surface area (Å²) in [5.41, 5.74) is 3.45. The predicted molar refractivity (Wildman–Crippen MR) is 156 cm³/mol. The number of fused-ring (bicyclic) bond motifs is 2. The molecular formula is C28H20Br2N2O4S2. The molecular weight excluding hydrogens is 652 g/mol. The molecule has 3 heterocycles. The summed E-state index contributed by atoms with van der Waals surface area (Å²) in [6.07, 6.45) is 0. The summed E-state index contributed by atoms with van der Waals surface area (Å²) in [6, 6.07) is 20.9. The normalized spacial score (nSPS) is 20.4. The van der Waals surface area contributed by atoms with Crippen molar-refractivity contribution < 1.29 is 14.3 Å². The van der Waals surface area contributed by atoms with Crippen LogP contribution in [0.2, 0.25) is 0 Å². The van der Waals surface area contributed by atoms with E-state index in [1.54, 1.807) is 12.1 Å². The predicted octanol–water partition coefficient (Wildman–Crippen LogP) is 6.64. The molecule has 3 atom stereocenters. The summed E-state index contributed by atoms with van der Waals surface area (Å²) in [7, 11) is 0. The van der Waals surface area contributed by atoms with E-state index in [9.17, 15) is 14.4 Å². The third-order valence-electron chi connectivity index (χ3n) is 6.69. The smallest absolute Gasteiger partial charge is 0.305 e. The largest absolute Gasteiger partial charge is 0.489 e. The molecule has 4 aromatic rings. The van der Waals surface area contributed by atoms with Crippen LogP contribution in [0.25, 0.3) is 0 Å². The molecule has 0 spiro atoms. The van der Waals surface area contributed by atoms with E-state index in [0.29, 0.717) is 23.1 Å². The molecule has 1 fully saturated rings. The number of H-pyrrole nitrogens is 1. The molecule has 2 aliphatic heterocycles. The molecule has 1 aromatic heterocycles. The van der Waals surface area contributed by atoms with Crippen LogP contribution >= 0.6 is 55.0 Å². The second-order valence-electron chi connectivity index (χ2n) is 9.20. The van der Waals surface area contributed by atoms with Crippen molar-refractivity contribution in [2.24, 2.45) is 5.92 Å².